The van der Waals surface area contributed by atoms with E-state index in [4.69, 9.17) is 0 Å². The molecule has 0 amide bonds. The van der Waals surface area contributed by atoms with Crippen LogP contribution in [-0.2, 0) is 0 Å². The van der Waals surface area contributed by atoms with Gasteiger partial charge >= 0.3 is 0 Å². The zero-order chi connectivity index (χ0) is 10.6. The predicted octanol–water partition coefficient (Wildman–Crippen LogP) is 3.59. The van der Waals surface area contributed by atoms with Crippen LogP contribution in [-0.4, -0.2) is 12.1 Å². The second kappa shape index (κ2) is 5.75. The normalized spacial score (nSPS) is 29.6. The molecule has 0 spiro atoms. The highest BCUT2D eigenvalue weighted by molar-refractivity contribution is 4.77. The second-order valence-corrected chi connectivity index (χ2v) is 5.53. The van der Waals surface area contributed by atoms with Crippen molar-refractivity contribution in [3.05, 3.63) is 0 Å². The van der Waals surface area contributed by atoms with E-state index in [-0.39, 0.29) is 0 Å². The minimum Gasteiger partial charge on any atom is -0.312 e. The summed E-state index contributed by atoms with van der Waals surface area (Å²) in [6.45, 7) is 9.26. The topological polar surface area (TPSA) is 12.0 Å². The van der Waals surface area contributed by atoms with Crippen LogP contribution in [0.15, 0.2) is 0 Å². The molecule has 0 saturated heterocycles. The summed E-state index contributed by atoms with van der Waals surface area (Å²) in [7, 11) is 0. The summed E-state index contributed by atoms with van der Waals surface area (Å²) in [6.07, 6.45) is 7.09. The van der Waals surface area contributed by atoms with Crippen molar-refractivity contribution in [3.8, 4) is 0 Å². The van der Waals surface area contributed by atoms with Crippen molar-refractivity contribution in [3.63, 3.8) is 0 Å². The Kier molecular flexibility index (Phi) is 4.94. The highest BCUT2D eigenvalue weighted by Gasteiger charge is 2.20. The van der Waals surface area contributed by atoms with E-state index in [1.54, 1.807) is 0 Å². The molecule has 1 rings (SSSR count). The van der Waals surface area contributed by atoms with Crippen LogP contribution in [0.3, 0.4) is 0 Å². The maximum Gasteiger partial charge on any atom is 0.00695 e. The third-order valence-electron chi connectivity index (χ3n) is 3.53. The molecule has 1 aliphatic carbocycles. The van der Waals surface area contributed by atoms with Crippen molar-refractivity contribution >= 4 is 0 Å². The van der Waals surface area contributed by atoms with Crippen LogP contribution in [0.2, 0.25) is 0 Å². The van der Waals surface area contributed by atoms with Crippen molar-refractivity contribution in [2.75, 3.05) is 0 Å². The van der Waals surface area contributed by atoms with E-state index < -0.39 is 0 Å². The van der Waals surface area contributed by atoms with Gasteiger partial charge in [0.1, 0.15) is 0 Å². The van der Waals surface area contributed by atoms with Crippen LogP contribution < -0.4 is 5.32 Å². The maximum absolute atomic E-state index is 3.68. The summed E-state index contributed by atoms with van der Waals surface area (Å²) in [6, 6.07) is 1.44. The number of rotatable bonds is 3. The smallest absolute Gasteiger partial charge is 0.00695 e. The Hall–Kier alpha value is -0.0400. The molecule has 1 fully saturated rings. The SMILES string of the molecule is CC(C)NC1CCCC(C(C)C)CC1. The van der Waals surface area contributed by atoms with Gasteiger partial charge in [-0.05, 0) is 31.1 Å². The van der Waals surface area contributed by atoms with Crippen molar-refractivity contribution in [2.45, 2.75) is 71.9 Å². The van der Waals surface area contributed by atoms with Gasteiger partial charge in [-0.15, -0.1) is 0 Å². The highest BCUT2D eigenvalue weighted by Crippen LogP contribution is 2.28. The van der Waals surface area contributed by atoms with Gasteiger partial charge in [-0.25, -0.2) is 0 Å². The first kappa shape index (κ1) is 12.0. The third kappa shape index (κ3) is 4.00. The van der Waals surface area contributed by atoms with Crippen molar-refractivity contribution < 1.29 is 0 Å². The Morgan fingerprint density at radius 3 is 2.21 bits per heavy atom. The Bertz CT molecular complexity index is 151. The molecule has 0 aromatic heterocycles. The van der Waals surface area contributed by atoms with Gasteiger partial charge in [0, 0.05) is 12.1 Å². The van der Waals surface area contributed by atoms with Crippen LogP contribution in [0.1, 0.15) is 59.8 Å². The van der Waals surface area contributed by atoms with Crippen LogP contribution in [0.4, 0.5) is 0 Å². The van der Waals surface area contributed by atoms with Gasteiger partial charge in [0.2, 0.25) is 0 Å². The molecule has 0 aliphatic heterocycles. The molecule has 1 aliphatic rings. The largest absolute Gasteiger partial charge is 0.312 e. The second-order valence-electron chi connectivity index (χ2n) is 5.53. The quantitative estimate of drug-likeness (QED) is 0.682. The van der Waals surface area contributed by atoms with E-state index in [1.165, 1.54) is 32.1 Å². The summed E-state index contributed by atoms with van der Waals surface area (Å²) in [5.74, 6) is 1.86. The fraction of sp³-hybridized carbons (Fsp3) is 1.00. The molecule has 1 heteroatoms. The van der Waals surface area contributed by atoms with E-state index in [0.29, 0.717) is 6.04 Å². The summed E-state index contributed by atoms with van der Waals surface area (Å²) in [5.41, 5.74) is 0. The van der Waals surface area contributed by atoms with E-state index in [1.807, 2.05) is 0 Å². The van der Waals surface area contributed by atoms with Crippen LogP contribution in [0.25, 0.3) is 0 Å². The molecule has 1 nitrogen and oxygen atoms in total. The summed E-state index contributed by atoms with van der Waals surface area (Å²) in [5, 5.41) is 3.68. The fourth-order valence-electron chi connectivity index (χ4n) is 2.64. The first-order valence-electron chi connectivity index (χ1n) is 6.35. The Morgan fingerprint density at radius 1 is 0.929 bits per heavy atom. The lowest BCUT2D eigenvalue weighted by atomic mass is 9.89. The average Bonchev–Trinajstić information content (AvgIpc) is 2.28. The lowest BCUT2D eigenvalue weighted by molar-refractivity contribution is 0.336. The average molecular weight is 197 g/mol. The van der Waals surface area contributed by atoms with Gasteiger partial charge in [0.25, 0.3) is 0 Å². The zero-order valence-corrected chi connectivity index (χ0v) is 10.3. The standard InChI is InChI=1S/C13H27N/c1-10(2)12-6-5-7-13(9-8-12)14-11(3)4/h10-14H,5-9H2,1-4H3. The molecular weight excluding hydrogens is 170 g/mol. The predicted molar refractivity (Wildman–Crippen MR) is 63.5 cm³/mol. The van der Waals surface area contributed by atoms with E-state index in [2.05, 4.69) is 33.0 Å². The molecule has 2 atom stereocenters. The lowest BCUT2D eigenvalue weighted by Gasteiger charge is -2.20. The van der Waals surface area contributed by atoms with Gasteiger partial charge in [-0.3, -0.25) is 0 Å². The molecule has 2 unspecified atom stereocenters. The van der Waals surface area contributed by atoms with Gasteiger partial charge in [-0.1, -0.05) is 40.5 Å². The molecule has 1 N–H and O–H groups in total. The van der Waals surface area contributed by atoms with Gasteiger partial charge in [0.05, 0.1) is 0 Å². The molecule has 0 aromatic carbocycles. The van der Waals surface area contributed by atoms with Gasteiger partial charge in [0.15, 0.2) is 0 Å². The first-order chi connectivity index (χ1) is 6.59. The summed E-state index contributed by atoms with van der Waals surface area (Å²) >= 11 is 0. The molecule has 0 bridgehead atoms. The van der Waals surface area contributed by atoms with E-state index >= 15 is 0 Å². The molecule has 0 aromatic rings. The highest BCUT2D eigenvalue weighted by atomic mass is 14.9. The van der Waals surface area contributed by atoms with Gasteiger partial charge < -0.3 is 5.32 Å². The number of hydrogen-bond donors (Lipinski definition) is 1. The Labute approximate surface area is 89.7 Å². The van der Waals surface area contributed by atoms with E-state index in [0.717, 1.165) is 17.9 Å². The molecule has 84 valence electrons. The Balaban J connectivity index is 2.33. The van der Waals surface area contributed by atoms with Crippen molar-refractivity contribution in [1.82, 2.24) is 5.32 Å². The minimum absolute atomic E-state index is 0.649. The van der Waals surface area contributed by atoms with Crippen LogP contribution in [0, 0.1) is 11.8 Å². The van der Waals surface area contributed by atoms with E-state index in [9.17, 15) is 0 Å². The number of hydrogen-bond acceptors (Lipinski definition) is 1. The fourth-order valence-corrected chi connectivity index (χ4v) is 2.64. The van der Waals surface area contributed by atoms with Crippen molar-refractivity contribution in [1.29, 1.82) is 0 Å². The Morgan fingerprint density at radius 2 is 1.64 bits per heavy atom. The molecule has 1 saturated carbocycles. The molecule has 14 heavy (non-hydrogen) atoms. The third-order valence-corrected chi connectivity index (χ3v) is 3.53. The maximum atomic E-state index is 3.68. The molecule has 0 radical (unpaired) electrons. The molecule has 0 heterocycles. The first-order valence-corrected chi connectivity index (χ1v) is 6.35. The van der Waals surface area contributed by atoms with Crippen molar-refractivity contribution in [2.24, 2.45) is 11.8 Å². The summed E-state index contributed by atoms with van der Waals surface area (Å²) in [4.78, 5) is 0. The van der Waals surface area contributed by atoms with Crippen LogP contribution in [0.5, 0.6) is 0 Å². The lowest BCUT2D eigenvalue weighted by Crippen LogP contribution is -2.34. The van der Waals surface area contributed by atoms with Gasteiger partial charge in [-0.2, -0.15) is 0 Å². The summed E-state index contributed by atoms with van der Waals surface area (Å²) < 4.78 is 0. The van der Waals surface area contributed by atoms with Crippen LogP contribution >= 0.6 is 0 Å². The minimum atomic E-state index is 0.649. The zero-order valence-electron chi connectivity index (χ0n) is 10.3. The number of nitrogens with one attached hydrogen (secondary N) is 1. The monoisotopic (exact) mass is 197 g/mol. The molecular formula is C13H27N.